The van der Waals surface area contributed by atoms with Crippen LogP contribution in [0.1, 0.15) is 56.3 Å². The van der Waals surface area contributed by atoms with Gasteiger partial charge in [0.1, 0.15) is 0 Å². The van der Waals surface area contributed by atoms with E-state index >= 15 is 0 Å². The molecule has 1 aromatic carbocycles. The Labute approximate surface area is 137 Å². The van der Waals surface area contributed by atoms with Gasteiger partial charge in [-0.1, -0.05) is 49.4 Å². The second-order valence-corrected chi connectivity index (χ2v) is 7.47. The van der Waals surface area contributed by atoms with Crippen molar-refractivity contribution in [2.24, 2.45) is 5.41 Å². The lowest BCUT2D eigenvalue weighted by molar-refractivity contribution is 0.155. The van der Waals surface area contributed by atoms with E-state index in [1.165, 1.54) is 32.1 Å². The fraction of sp³-hybridized carbons (Fsp3) is 0.647. The van der Waals surface area contributed by atoms with Crippen LogP contribution in [0.15, 0.2) is 12.1 Å². The molecular formula is C17H25Cl2NO. The van der Waals surface area contributed by atoms with E-state index in [0.717, 1.165) is 12.1 Å². The molecule has 1 aliphatic rings. The first-order valence-electron chi connectivity index (χ1n) is 7.76. The number of aliphatic hydroxyl groups excluding tert-OH is 1. The molecule has 2 rings (SSSR count). The Kier molecular flexibility index (Phi) is 5.96. The van der Waals surface area contributed by atoms with Crippen molar-refractivity contribution in [3.63, 3.8) is 0 Å². The molecule has 1 saturated carbocycles. The highest BCUT2D eigenvalue weighted by molar-refractivity contribution is 6.36. The Hall–Kier alpha value is -0.280. The summed E-state index contributed by atoms with van der Waals surface area (Å²) in [6, 6.07) is 3.68. The first-order chi connectivity index (χ1) is 9.91. The Morgan fingerprint density at radius 3 is 2.33 bits per heavy atom. The topological polar surface area (TPSA) is 32.3 Å². The van der Waals surface area contributed by atoms with Crippen LogP contribution in [0.25, 0.3) is 0 Å². The third-order valence-electron chi connectivity index (χ3n) is 4.51. The third kappa shape index (κ3) is 4.59. The average molecular weight is 330 g/mol. The SMILES string of the molecule is Cc1cc(Cl)c(C(O)CNCC2(C)CCCCC2)c(Cl)c1. The number of aliphatic hydroxyl groups is 1. The van der Waals surface area contributed by atoms with Crippen LogP contribution in [0.4, 0.5) is 0 Å². The number of hydrogen-bond acceptors (Lipinski definition) is 2. The van der Waals surface area contributed by atoms with E-state index in [-0.39, 0.29) is 0 Å². The van der Waals surface area contributed by atoms with Crippen LogP contribution in [0.5, 0.6) is 0 Å². The number of nitrogens with one attached hydrogen (secondary N) is 1. The Balaban J connectivity index is 1.91. The molecule has 0 heterocycles. The zero-order valence-electron chi connectivity index (χ0n) is 12.9. The molecule has 0 bridgehead atoms. The van der Waals surface area contributed by atoms with Gasteiger partial charge in [-0.3, -0.25) is 0 Å². The van der Waals surface area contributed by atoms with Crippen LogP contribution >= 0.6 is 23.2 Å². The molecule has 0 amide bonds. The van der Waals surface area contributed by atoms with Crippen molar-refractivity contribution in [3.8, 4) is 0 Å². The molecule has 0 saturated heterocycles. The molecule has 0 aliphatic heterocycles. The van der Waals surface area contributed by atoms with Crippen molar-refractivity contribution in [2.75, 3.05) is 13.1 Å². The predicted octanol–water partition coefficient (Wildman–Crippen LogP) is 4.90. The van der Waals surface area contributed by atoms with E-state index < -0.39 is 6.10 Å². The van der Waals surface area contributed by atoms with Crippen molar-refractivity contribution < 1.29 is 5.11 Å². The van der Waals surface area contributed by atoms with Crippen LogP contribution in [0.3, 0.4) is 0 Å². The number of rotatable bonds is 5. The minimum absolute atomic E-state index is 0.360. The molecule has 2 nitrogen and oxygen atoms in total. The number of hydrogen-bond donors (Lipinski definition) is 2. The maximum atomic E-state index is 10.4. The monoisotopic (exact) mass is 329 g/mol. The van der Waals surface area contributed by atoms with Gasteiger partial charge in [-0.25, -0.2) is 0 Å². The molecule has 0 aromatic heterocycles. The van der Waals surface area contributed by atoms with E-state index in [1.807, 2.05) is 19.1 Å². The molecule has 1 fully saturated rings. The van der Waals surface area contributed by atoms with E-state index in [2.05, 4.69) is 12.2 Å². The van der Waals surface area contributed by atoms with Gasteiger partial charge >= 0.3 is 0 Å². The highest BCUT2D eigenvalue weighted by atomic mass is 35.5. The minimum atomic E-state index is -0.669. The predicted molar refractivity (Wildman–Crippen MR) is 90.2 cm³/mol. The minimum Gasteiger partial charge on any atom is -0.387 e. The summed E-state index contributed by atoms with van der Waals surface area (Å²) >= 11 is 12.4. The average Bonchev–Trinajstić information content (AvgIpc) is 2.38. The van der Waals surface area contributed by atoms with E-state index in [1.54, 1.807) is 0 Å². The molecular weight excluding hydrogens is 305 g/mol. The first kappa shape index (κ1) is 17.1. The van der Waals surface area contributed by atoms with Gasteiger partial charge in [0, 0.05) is 28.7 Å². The molecule has 0 spiro atoms. The lowest BCUT2D eigenvalue weighted by Crippen LogP contribution is -2.35. The van der Waals surface area contributed by atoms with Crippen molar-refractivity contribution in [1.82, 2.24) is 5.32 Å². The molecule has 2 N–H and O–H groups in total. The van der Waals surface area contributed by atoms with Gasteiger partial charge in [-0.15, -0.1) is 0 Å². The highest BCUT2D eigenvalue weighted by Crippen LogP contribution is 2.35. The van der Waals surface area contributed by atoms with Crippen LogP contribution in [-0.2, 0) is 0 Å². The second kappa shape index (κ2) is 7.32. The molecule has 1 aromatic rings. The number of aryl methyl sites for hydroxylation is 1. The fourth-order valence-electron chi connectivity index (χ4n) is 3.22. The molecule has 1 aliphatic carbocycles. The van der Waals surface area contributed by atoms with Gasteiger partial charge < -0.3 is 10.4 Å². The normalized spacial score (nSPS) is 19.5. The van der Waals surface area contributed by atoms with E-state index in [4.69, 9.17) is 23.2 Å². The Morgan fingerprint density at radius 2 is 1.76 bits per heavy atom. The second-order valence-electron chi connectivity index (χ2n) is 6.66. The van der Waals surface area contributed by atoms with Crippen LogP contribution < -0.4 is 5.32 Å². The fourth-order valence-corrected chi connectivity index (χ4v) is 4.07. The van der Waals surface area contributed by atoms with Gasteiger partial charge in [-0.2, -0.15) is 0 Å². The Morgan fingerprint density at radius 1 is 1.19 bits per heavy atom. The summed E-state index contributed by atoms with van der Waals surface area (Å²) in [6.45, 7) is 5.69. The summed E-state index contributed by atoms with van der Waals surface area (Å²) in [6.07, 6.45) is 5.85. The smallest absolute Gasteiger partial charge is 0.0943 e. The summed E-state index contributed by atoms with van der Waals surface area (Å²) < 4.78 is 0. The summed E-state index contributed by atoms with van der Waals surface area (Å²) in [7, 11) is 0. The molecule has 118 valence electrons. The lowest BCUT2D eigenvalue weighted by Gasteiger charge is -2.34. The number of benzene rings is 1. The van der Waals surface area contributed by atoms with Gasteiger partial charge in [0.2, 0.25) is 0 Å². The van der Waals surface area contributed by atoms with Gasteiger partial charge in [0.25, 0.3) is 0 Å². The first-order valence-corrected chi connectivity index (χ1v) is 8.51. The zero-order chi connectivity index (χ0) is 15.5. The van der Waals surface area contributed by atoms with E-state index in [0.29, 0.717) is 27.6 Å². The Bertz CT molecular complexity index is 461. The largest absolute Gasteiger partial charge is 0.387 e. The van der Waals surface area contributed by atoms with Crippen molar-refractivity contribution in [3.05, 3.63) is 33.3 Å². The molecule has 4 heteroatoms. The lowest BCUT2D eigenvalue weighted by atomic mass is 9.76. The highest BCUT2D eigenvalue weighted by Gasteiger charge is 2.26. The van der Waals surface area contributed by atoms with Crippen LogP contribution in [0, 0.1) is 12.3 Å². The molecule has 1 atom stereocenters. The summed E-state index contributed by atoms with van der Waals surface area (Å²) in [5.74, 6) is 0. The van der Waals surface area contributed by atoms with Gasteiger partial charge in [0.15, 0.2) is 0 Å². The summed E-state index contributed by atoms with van der Waals surface area (Å²) in [4.78, 5) is 0. The summed E-state index contributed by atoms with van der Waals surface area (Å²) in [5.41, 5.74) is 1.99. The molecule has 0 radical (unpaired) electrons. The zero-order valence-corrected chi connectivity index (χ0v) is 14.4. The number of halogens is 2. The van der Waals surface area contributed by atoms with Crippen molar-refractivity contribution in [1.29, 1.82) is 0 Å². The van der Waals surface area contributed by atoms with E-state index in [9.17, 15) is 5.11 Å². The maximum absolute atomic E-state index is 10.4. The third-order valence-corrected chi connectivity index (χ3v) is 5.13. The van der Waals surface area contributed by atoms with Crippen LogP contribution in [-0.4, -0.2) is 18.2 Å². The summed E-state index contributed by atoms with van der Waals surface area (Å²) in [5, 5.41) is 14.8. The van der Waals surface area contributed by atoms with Crippen molar-refractivity contribution >= 4 is 23.2 Å². The van der Waals surface area contributed by atoms with Gasteiger partial charge in [0.05, 0.1) is 6.10 Å². The van der Waals surface area contributed by atoms with Gasteiger partial charge in [-0.05, 0) is 42.9 Å². The van der Waals surface area contributed by atoms with Crippen LogP contribution in [0.2, 0.25) is 10.0 Å². The molecule has 21 heavy (non-hydrogen) atoms. The standard InChI is InChI=1S/C17H25Cl2NO/c1-12-8-13(18)16(14(19)9-12)15(21)10-20-11-17(2)6-4-3-5-7-17/h8-9,15,20-21H,3-7,10-11H2,1-2H3. The maximum Gasteiger partial charge on any atom is 0.0943 e. The quantitative estimate of drug-likeness (QED) is 0.805. The molecule has 1 unspecified atom stereocenters. The van der Waals surface area contributed by atoms with Crippen molar-refractivity contribution in [2.45, 2.75) is 52.1 Å².